The highest BCUT2D eigenvalue weighted by Gasteiger charge is 2.48. The number of ketones is 1. The molecular formula is C34H37F3N4O5. The van der Waals surface area contributed by atoms with E-state index in [1.807, 2.05) is 12.1 Å². The lowest BCUT2D eigenvalue weighted by Gasteiger charge is -2.39. The Morgan fingerprint density at radius 2 is 1.46 bits per heavy atom. The summed E-state index contributed by atoms with van der Waals surface area (Å²) in [5.74, 6) is -1.58. The molecule has 0 saturated carbocycles. The Balaban J connectivity index is 1.14. The summed E-state index contributed by atoms with van der Waals surface area (Å²) >= 11 is 0. The first-order chi connectivity index (χ1) is 22.0. The van der Waals surface area contributed by atoms with Crippen molar-refractivity contribution in [3.8, 4) is 11.5 Å². The minimum Gasteiger partial charge on any atom is -0.497 e. The molecule has 2 aliphatic heterocycles. The van der Waals surface area contributed by atoms with E-state index in [9.17, 15) is 27.6 Å². The number of amides is 2. The molecule has 0 aliphatic carbocycles. The number of Topliss-reactive ketones (excluding diaryl/α,β-unsaturated/α-hetero) is 1. The number of benzene rings is 2. The van der Waals surface area contributed by atoms with Crippen molar-refractivity contribution in [2.45, 2.75) is 38.0 Å². The molecule has 0 spiro atoms. The van der Waals surface area contributed by atoms with Gasteiger partial charge in [0, 0.05) is 56.4 Å². The van der Waals surface area contributed by atoms with E-state index in [4.69, 9.17) is 9.47 Å². The van der Waals surface area contributed by atoms with Gasteiger partial charge in [-0.3, -0.25) is 24.3 Å². The van der Waals surface area contributed by atoms with Crippen molar-refractivity contribution in [1.29, 1.82) is 0 Å². The number of likely N-dealkylation sites (tertiary alicyclic amines) is 2. The number of carbonyl (C=O) groups excluding carboxylic acids is 3. The zero-order valence-corrected chi connectivity index (χ0v) is 25.8. The number of nitrogens with one attached hydrogen (secondary N) is 1. The minimum atomic E-state index is -4.50. The fourth-order valence-corrected chi connectivity index (χ4v) is 6.06. The van der Waals surface area contributed by atoms with Gasteiger partial charge in [0.2, 0.25) is 0 Å². The van der Waals surface area contributed by atoms with E-state index in [2.05, 4.69) is 10.3 Å². The van der Waals surface area contributed by atoms with Crippen molar-refractivity contribution in [2.24, 2.45) is 11.8 Å². The lowest BCUT2D eigenvalue weighted by molar-refractivity contribution is -0.193. The highest BCUT2D eigenvalue weighted by atomic mass is 19.4. The van der Waals surface area contributed by atoms with Crippen molar-refractivity contribution in [3.63, 3.8) is 0 Å². The summed E-state index contributed by atoms with van der Waals surface area (Å²) in [6.45, 7) is 1.26. The van der Waals surface area contributed by atoms with E-state index in [0.717, 1.165) is 5.56 Å². The van der Waals surface area contributed by atoms with Crippen molar-refractivity contribution < 1.29 is 37.0 Å². The van der Waals surface area contributed by atoms with E-state index in [-0.39, 0.29) is 41.8 Å². The molecule has 2 amide bonds. The van der Waals surface area contributed by atoms with Gasteiger partial charge in [0.15, 0.2) is 5.78 Å². The van der Waals surface area contributed by atoms with Gasteiger partial charge in [-0.25, -0.2) is 0 Å². The topological polar surface area (TPSA) is 101 Å². The molecule has 46 heavy (non-hydrogen) atoms. The number of halogens is 3. The van der Waals surface area contributed by atoms with Crippen molar-refractivity contribution in [3.05, 3.63) is 89.2 Å². The Bertz CT molecular complexity index is 1510. The normalized spacial score (nSPS) is 19.4. The number of rotatable bonds is 9. The Kier molecular flexibility index (Phi) is 10.3. The summed E-state index contributed by atoms with van der Waals surface area (Å²) in [6.07, 6.45) is -2.14. The molecule has 3 heterocycles. The van der Waals surface area contributed by atoms with Crippen LogP contribution in [-0.2, 0) is 6.54 Å². The zero-order chi connectivity index (χ0) is 32.8. The average molecular weight is 639 g/mol. The molecule has 2 fully saturated rings. The second-order valence-corrected chi connectivity index (χ2v) is 11.7. The van der Waals surface area contributed by atoms with Crippen LogP contribution < -0.4 is 14.8 Å². The molecule has 1 N–H and O–H groups in total. The molecule has 2 atom stereocenters. The van der Waals surface area contributed by atoms with Gasteiger partial charge in [0.1, 0.15) is 17.2 Å². The number of carbonyl (C=O) groups is 3. The van der Waals surface area contributed by atoms with Crippen LogP contribution in [0.1, 0.15) is 56.0 Å². The molecule has 9 nitrogen and oxygen atoms in total. The zero-order valence-electron chi connectivity index (χ0n) is 25.8. The van der Waals surface area contributed by atoms with Gasteiger partial charge in [-0.05, 0) is 73.4 Å². The largest absolute Gasteiger partial charge is 0.497 e. The average Bonchev–Trinajstić information content (AvgIpc) is 3.08. The van der Waals surface area contributed by atoms with Gasteiger partial charge in [0.05, 0.1) is 25.7 Å². The van der Waals surface area contributed by atoms with Gasteiger partial charge < -0.3 is 19.7 Å². The molecule has 2 saturated heterocycles. The molecule has 2 aliphatic rings. The Morgan fingerprint density at radius 1 is 0.848 bits per heavy atom. The van der Waals surface area contributed by atoms with Gasteiger partial charge in [0.25, 0.3) is 11.8 Å². The number of nitrogens with zero attached hydrogens (tertiary/aromatic N) is 3. The summed E-state index contributed by atoms with van der Waals surface area (Å²) in [5, 5.41) is 2.56. The summed E-state index contributed by atoms with van der Waals surface area (Å²) in [4.78, 5) is 46.5. The van der Waals surface area contributed by atoms with Crippen molar-refractivity contribution in [1.82, 2.24) is 20.1 Å². The third-order valence-electron chi connectivity index (χ3n) is 8.77. The molecule has 12 heteroatoms. The van der Waals surface area contributed by atoms with Gasteiger partial charge >= 0.3 is 6.18 Å². The number of ether oxygens (including phenoxy) is 2. The quantitative estimate of drug-likeness (QED) is 0.329. The van der Waals surface area contributed by atoms with E-state index < -0.39 is 24.0 Å². The highest BCUT2D eigenvalue weighted by Crippen LogP contribution is 2.34. The highest BCUT2D eigenvalue weighted by molar-refractivity contribution is 5.99. The van der Waals surface area contributed by atoms with E-state index in [1.165, 1.54) is 18.3 Å². The number of methoxy groups -OCH3 is 2. The van der Waals surface area contributed by atoms with Gasteiger partial charge in [-0.1, -0.05) is 12.1 Å². The van der Waals surface area contributed by atoms with Crippen LogP contribution in [0.4, 0.5) is 13.2 Å². The smallest absolute Gasteiger partial charge is 0.394 e. The molecule has 1 aromatic heterocycles. The first kappa shape index (κ1) is 32.9. The maximum atomic E-state index is 14.1. The monoisotopic (exact) mass is 638 g/mol. The summed E-state index contributed by atoms with van der Waals surface area (Å²) in [6, 6.07) is 15.8. The van der Waals surface area contributed by atoms with Crippen LogP contribution in [0.5, 0.6) is 11.5 Å². The van der Waals surface area contributed by atoms with Crippen LogP contribution in [-0.4, -0.2) is 85.0 Å². The molecule has 0 radical (unpaired) electrons. The number of pyridine rings is 1. The molecule has 0 unspecified atom stereocenters. The summed E-state index contributed by atoms with van der Waals surface area (Å²) < 4.78 is 52.5. The van der Waals surface area contributed by atoms with E-state index in [1.54, 1.807) is 60.4 Å². The van der Waals surface area contributed by atoms with Crippen LogP contribution in [0.25, 0.3) is 0 Å². The summed E-state index contributed by atoms with van der Waals surface area (Å²) in [7, 11) is 3.11. The van der Waals surface area contributed by atoms with Gasteiger partial charge in [-0.15, -0.1) is 0 Å². The van der Waals surface area contributed by atoms with Crippen LogP contribution in [0.2, 0.25) is 0 Å². The molecule has 2 aromatic carbocycles. The SMILES string of the molecule is COc1ccc(CN2CC[C@@H](NC(=O)c3ccc(C(=O)N4CCC(C(=O)c5ccc(OC)cc5)CC4)nc3)[C@@H](C(F)(F)F)C2)cc1. The second kappa shape index (κ2) is 14.3. The van der Waals surface area contributed by atoms with Crippen LogP contribution >= 0.6 is 0 Å². The molecule has 3 aromatic rings. The van der Waals surface area contributed by atoms with Crippen molar-refractivity contribution >= 4 is 17.6 Å². The van der Waals surface area contributed by atoms with Crippen LogP contribution in [0.15, 0.2) is 66.9 Å². The molecule has 0 bridgehead atoms. The Labute approximate surface area is 265 Å². The number of aromatic nitrogens is 1. The molecule has 5 rings (SSSR count). The van der Waals surface area contributed by atoms with Crippen molar-refractivity contribution in [2.75, 3.05) is 40.4 Å². The molecule has 244 valence electrons. The first-order valence-electron chi connectivity index (χ1n) is 15.2. The minimum absolute atomic E-state index is 0.0268. The first-order valence-corrected chi connectivity index (χ1v) is 15.2. The predicted octanol–water partition coefficient (Wildman–Crippen LogP) is 5.02. The maximum absolute atomic E-state index is 14.1. The fraction of sp³-hybridized carbons (Fsp3) is 0.412. The summed E-state index contributed by atoms with van der Waals surface area (Å²) in [5.41, 5.74) is 1.66. The van der Waals surface area contributed by atoms with Crippen LogP contribution in [0.3, 0.4) is 0 Å². The number of alkyl halides is 3. The predicted molar refractivity (Wildman–Crippen MR) is 164 cm³/mol. The second-order valence-electron chi connectivity index (χ2n) is 11.7. The van der Waals surface area contributed by atoms with E-state index >= 15 is 0 Å². The van der Waals surface area contributed by atoms with Gasteiger partial charge in [-0.2, -0.15) is 13.2 Å². The Morgan fingerprint density at radius 3 is 2.02 bits per heavy atom. The fourth-order valence-electron chi connectivity index (χ4n) is 6.06. The standard InChI is InChI=1S/C34H37F3N4O5/c1-45-26-8-3-22(4-9-26)20-40-16-15-29(28(21-40)34(35,36)37)39-32(43)25-7-12-30(38-19-25)33(44)41-17-13-24(14-18-41)31(42)23-5-10-27(46-2)11-6-23/h3-12,19,24,28-29H,13-18,20-21H2,1-2H3,(H,39,43)/t28-,29+/m0/s1. The van der Waals surface area contributed by atoms with E-state index in [0.29, 0.717) is 56.1 Å². The maximum Gasteiger partial charge on any atom is 0.394 e. The lowest BCUT2D eigenvalue weighted by atomic mass is 9.88. The Hall–Kier alpha value is -4.45. The third kappa shape index (κ3) is 7.85. The number of hydrogen-bond acceptors (Lipinski definition) is 7. The number of hydrogen-bond donors (Lipinski definition) is 1. The van der Waals surface area contributed by atoms with Crippen LogP contribution in [0, 0.1) is 11.8 Å². The number of piperidine rings is 2. The lowest BCUT2D eigenvalue weighted by Crippen LogP contribution is -2.55. The molecular weight excluding hydrogens is 601 g/mol. The third-order valence-corrected chi connectivity index (χ3v) is 8.77.